The first-order valence-electron chi connectivity index (χ1n) is 5.48. The molecule has 0 aliphatic carbocycles. The van der Waals surface area contributed by atoms with Crippen molar-refractivity contribution in [1.29, 1.82) is 5.26 Å². The van der Waals surface area contributed by atoms with Gasteiger partial charge in [-0.2, -0.15) is 5.26 Å². The summed E-state index contributed by atoms with van der Waals surface area (Å²) in [5.41, 5.74) is 2.25. The van der Waals surface area contributed by atoms with Gasteiger partial charge in [-0.1, -0.05) is 28.1 Å². The van der Waals surface area contributed by atoms with Crippen LogP contribution < -0.4 is 0 Å². The molecule has 0 heterocycles. The van der Waals surface area contributed by atoms with Crippen LogP contribution in [0.5, 0.6) is 0 Å². The van der Waals surface area contributed by atoms with E-state index in [1.54, 1.807) is 37.3 Å². The zero-order valence-corrected chi connectivity index (χ0v) is 11.6. The van der Waals surface area contributed by atoms with Crippen LogP contribution in [0.15, 0.2) is 40.9 Å². The molecule has 0 fully saturated rings. The van der Waals surface area contributed by atoms with E-state index in [1.807, 2.05) is 0 Å². The van der Waals surface area contributed by atoms with E-state index in [0.717, 1.165) is 10.0 Å². The van der Waals surface area contributed by atoms with Crippen LogP contribution in [0.25, 0.3) is 11.1 Å². The summed E-state index contributed by atoms with van der Waals surface area (Å²) in [5.74, 6) is 0. The average molecular weight is 317 g/mol. The number of nitrogens with zero attached hydrogens (tertiary/aromatic N) is 2. The lowest BCUT2D eigenvalue weighted by Crippen LogP contribution is -1.94. The van der Waals surface area contributed by atoms with Crippen molar-refractivity contribution in [2.45, 2.75) is 6.92 Å². The molecule has 0 atom stereocenters. The zero-order valence-electron chi connectivity index (χ0n) is 10.1. The van der Waals surface area contributed by atoms with Crippen LogP contribution >= 0.6 is 15.9 Å². The fourth-order valence-electron chi connectivity index (χ4n) is 1.86. The smallest absolute Gasteiger partial charge is 0.258 e. The number of nitro groups is 1. The molecule has 0 spiro atoms. The molecule has 19 heavy (non-hydrogen) atoms. The minimum Gasteiger partial charge on any atom is -0.258 e. The van der Waals surface area contributed by atoms with Gasteiger partial charge in [0.05, 0.1) is 22.1 Å². The molecule has 2 aromatic carbocycles. The number of hydrogen-bond acceptors (Lipinski definition) is 3. The number of nitro benzene ring substituents is 1. The summed E-state index contributed by atoms with van der Waals surface area (Å²) in [6, 6.07) is 12.2. The summed E-state index contributed by atoms with van der Waals surface area (Å²) >= 11 is 3.28. The molecule has 0 amide bonds. The van der Waals surface area contributed by atoms with E-state index in [4.69, 9.17) is 5.26 Å². The second kappa shape index (κ2) is 5.21. The van der Waals surface area contributed by atoms with Crippen LogP contribution in [0.4, 0.5) is 5.69 Å². The lowest BCUT2D eigenvalue weighted by Gasteiger charge is -2.06. The Labute approximate surface area is 118 Å². The molecule has 0 aromatic heterocycles. The molecule has 0 aliphatic rings. The van der Waals surface area contributed by atoms with E-state index in [2.05, 4.69) is 22.0 Å². The normalized spacial score (nSPS) is 9.95. The summed E-state index contributed by atoms with van der Waals surface area (Å²) < 4.78 is 0.766. The maximum atomic E-state index is 11.1. The second-order valence-corrected chi connectivity index (χ2v) is 5.00. The standard InChI is InChI=1S/C14H9BrN2O2/c1-9-2-4-13(14(6-9)17(18)19)12-5-3-11(15)7-10(12)8-16/h2-7H,1H3. The Bertz CT molecular complexity index is 705. The topological polar surface area (TPSA) is 66.9 Å². The van der Waals surface area contributed by atoms with Crippen LogP contribution in [-0.2, 0) is 0 Å². The number of halogens is 1. The van der Waals surface area contributed by atoms with Gasteiger partial charge in [-0.3, -0.25) is 10.1 Å². The molecule has 0 unspecified atom stereocenters. The Kier molecular flexibility index (Phi) is 3.63. The van der Waals surface area contributed by atoms with E-state index in [1.165, 1.54) is 6.07 Å². The summed E-state index contributed by atoms with van der Waals surface area (Å²) in [5, 5.41) is 20.3. The van der Waals surface area contributed by atoms with Gasteiger partial charge in [0.15, 0.2) is 0 Å². The first-order valence-corrected chi connectivity index (χ1v) is 6.27. The molecule has 0 N–H and O–H groups in total. The predicted octanol–water partition coefficient (Wildman–Crippen LogP) is 4.20. The van der Waals surface area contributed by atoms with Gasteiger partial charge < -0.3 is 0 Å². The lowest BCUT2D eigenvalue weighted by molar-refractivity contribution is -0.384. The van der Waals surface area contributed by atoms with E-state index < -0.39 is 4.92 Å². The number of rotatable bonds is 2. The van der Waals surface area contributed by atoms with Crippen LogP contribution in [0.3, 0.4) is 0 Å². The number of aryl methyl sites for hydroxylation is 1. The van der Waals surface area contributed by atoms with E-state index in [9.17, 15) is 10.1 Å². The summed E-state index contributed by atoms with van der Waals surface area (Å²) in [6.45, 7) is 1.80. The molecule has 0 bridgehead atoms. The molecule has 4 nitrogen and oxygen atoms in total. The van der Waals surface area contributed by atoms with Gasteiger partial charge in [0, 0.05) is 16.1 Å². The lowest BCUT2D eigenvalue weighted by atomic mass is 9.98. The summed E-state index contributed by atoms with van der Waals surface area (Å²) in [7, 11) is 0. The summed E-state index contributed by atoms with van der Waals surface area (Å²) in [6.07, 6.45) is 0. The Morgan fingerprint density at radius 2 is 1.89 bits per heavy atom. The fourth-order valence-corrected chi connectivity index (χ4v) is 2.23. The van der Waals surface area contributed by atoms with Crippen LogP contribution in [0.1, 0.15) is 11.1 Å². The number of hydrogen-bond donors (Lipinski definition) is 0. The first-order chi connectivity index (χ1) is 9.02. The molecule has 5 heteroatoms. The van der Waals surface area contributed by atoms with Crippen molar-refractivity contribution in [3.63, 3.8) is 0 Å². The SMILES string of the molecule is Cc1ccc(-c2ccc(Br)cc2C#N)c([N+](=O)[O-])c1. The molecule has 0 radical (unpaired) electrons. The van der Waals surface area contributed by atoms with Crippen molar-refractivity contribution < 1.29 is 4.92 Å². The van der Waals surface area contributed by atoms with Crippen LogP contribution in [0, 0.1) is 28.4 Å². The van der Waals surface area contributed by atoms with Crippen molar-refractivity contribution in [2.24, 2.45) is 0 Å². The maximum absolute atomic E-state index is 11.1. The maximum Gasteiger partial charge on any atom is 0.277 e. The molecule has 2 rings (SSSR count). The number of benzene rings is 2. The minimum atomic E-state index is -0.425. The van der Waals surface area contributed by atoms with Gasteiger partial charge in [0.1, 0.15) is 0 Å². The predicted molar refractivity (Wildman–Crippen MR) is 75.7 cm³/mol. The highest BCUT2D eigenvalue weighted by atomic mass is 79.9. The highest BCUT2D eigenvalue weighted by Crippen LogP contribution is 2.33. The van der Waals surface area contributed by atoms with Crippen molar-refractivity contribution >= 4 is 21.6 Å². The third kappa shape index (κ3) is 2.64. The Hall–Kier alpha value is -2.19. The third-order valence-corrected chi connectivity index (χ3v) is 3.24. The van der Waals surface area contributed by atoms with E-state index in [0.29, 0.717) is 16.7 Å². The van der Waals surface area contributed by atoms with Gasteiger partial charge in [0.25, 0.3) is 5.69 Å². The van der Waals surface area contributed by atoms with Gasteiger partial charge in [-0.25, -0.2) is 0 Å². The van der Waals surface area contributed by atoms with Crippen molar-refractivity contribution in [3.8, 4) is 17.2 Å². The van der Waals surface area contributed by atoms with Gasteiger partial charge >= 0.3 is 0 Å². The highest BCUT2D eigenvalue weighted by molar-refractivity contribution is 9.10. The Morgan fingerprint density at radius 3 is 2.53 bits per heavy atom. The zero-order chi connectivity index (χ0) is 14.0. The Balaban J connectivity index is 2.73. The van der Waals surface area contributed by atoms with Crippen LogP contribution in [-0.4, -0.2) is 4.92 Å². The van der Waals surface area contributed by atoms with Gasteiger partial charge in [0.2, 0.25) is 0 Å². The summed E-state index contributed by atoms with van der Waals surface area (Å²) in [4.78, 5) is 10.7. The highest BCUT2D eigenvalue weighted by Gasteiger charge is 2.17. The minimum absolute atomic E-state index is 0.0128. The quantitative estimate of drug-likeness (QED) is 0.615. The second-order valence-electron chi connectivity index (χ2n) is 4.08. The van der Waals surface area contributed by atoms with E-state index in [-0.39, 0.29) is 5.69 Å². The van der Waals surface area contributed by atoms with Crippen molar-refractivity contribution in [2.75, 3.05) is 0 Å². The number of nitriles is 1. The molecule has 0 aliphatic heterocycles. The molecule has 94 valence electrons. The molecular formula is C14H9BrN2O2. The van der Waals surface area contributed by atoms with Crippen molar-refractivity contribution in [3.05, 3.63) is 62.1 Å². The van der Waals surface area contributed by atoms with Crippen molar-refractivity contribution in [1.82, 2.24) is 0 Å². The monoisotopic (exact) mass is 316 g/mol. The Morgan fingerprint density at radius 1 is 1.21 bits per heavy atom. The van der Waals surface area contributed by atoms with E-state index >= 15 is 0 Å². The third-order valence-electron chi connectivity index (χ3n) is 2.74. The molecule has 2 aromatic rings. The molecule has 0 saturated carbocycles. The van der Waals surface area contributed by atoms with Gasteiger partial charge in [-0.15, -0.1) is 0 Å². The fraction of sp³-hybridized carbons (Fsp3) is 0.0714. The molecular weight excluding hydrogens is 308 g/mol. The largest absolute Gasteiger partial charge is 0.277 e. The van der Waals surface area contributed by atoms with Gasteiger partial charge in [-0.05, 0) is 30.7 Å². The van der Waals surface area contributed by atoms with Crippen LogP contribution in [0.2, 0.25) is 0 Å². The first kappa shape index (κ1) is 13.2. The average Bonchev–Trinajstić information content (AvgIpc) is 2.38. The molecule has 0 saturated heterocycles.